The number of ether oxygens (including phenoxy) is 1. The summed E-state index contributed by atoms with van der Waals surface area (Å²) in [5.74, 6) is 1.02. The Labute approximate surface area is 73.1 Å². The summed E-state index contributed by atoms with van der Waals surface area (Å²) in [6.07, 6.45) is 7.05. The highest BCUT2D eigenvalue weighted by molar-refractivity contribution is 6.17. The van der Waals surface area contributed by atoms with Crippen molar-refractivity contribution < 1.29 is 4.74 Å². The molecule has 0 aromatic rings. The molecule has 1 nitrogen and oxygen atoms in total. The molecule has 0 aromatic heterocycles. The van der Waals surface area contributed by atoms with Gasteiger partial charge in [-0.1, -0.05) is 11.6 Å². The van der Waals surface area contributed by atoms with E-state index in [1.165, 1.54) is 32.1 Å². The second-order valence-electron chi connectivity index (χ2n) is 4.11. The average molecular weight is 175 g/mol. The molecule has 0 saturated heterocycles. The summed E-state index contributed by atoms with van der Waals surface area (Å²) < 4.78 is 5.30. The highest BCUT2D eigenvalue weighted by Crippen LogP contribution is 2.54. The Bertz CT molecular complexity index is 138. The van der Waals surface area contributed by atoms with Crippen molar-refractivity contribution in [3.63, 3.8) is 0 Å². The Balaban J connectivity index is 1.89. The fourth-order valence-corrected chi connectivity index (χ4v) is 2.85. The lowest BCUT2D eigenvalue weighted by molar-refractivity contribution is 0.0746. The third kappa shape index (κ3) is 1.41. The fraction of sp³-hybridized carbons (Fsp3) is 1.00. The first kappa shape index (κ1) is 7.88. The molecule has 2 bridgehead atoms. The smallest absolute Gasteiger partial charge is 0.120 e. The first-order valence-corrected chi connectivity index (χ1v) is 5.02. The molecular formula is C9H15ClO. The molecule has 64 valence electrons. The molecule has 0 N–H and O–H groups in total. The molecule has 0 unspecified atom stereocenters. The van der Waals surface area contributed by atoms with Crippen LogP contribution in [0.3, 0.4) is 0 Å². The quantitative estimate of drug-likeness (QED) is 0.598. The minimum absolute atomic E-state index is 0.367. The van der Waals surface area contributed by atoms with Gasteiger partial charge in [0.2, 0.25) is 0 Å². The van der Waals surface area contributed by atoms with Crippen molar-refractivity contribution in [3.8, 4) is 0 Å². The molecule has 0 amide bonds. The lowest BCUT2D eigenvalue weighted by atomic mass is 9.85. The predicted molar refractivity (Wildman–Crippen MR) is 45.7 cm³/mol. The zero-order valence-corrected chi connectivity index (χ0v) is 7.57. The number of hydrogen-bond donors (Lipinski definition) is 0. The molecule has 2 saturated carbocycles. The van der Waals surface area contributed by atoms with Gasteiger partial charge in [-0.05, 0) is 43.4 Å². The van der Waals surface area contributed by atoms with Gasteiger partial charge in [-0.3, -0.25) is 0 Å². The van der Waals surface area contributed by atoms with Gasteiger partial charge in [0.05, 0.1) is 6.61 Å². The minimum atomic E-state index is 0.367. The van der Waals surface area contributed by atoms with Crippen LogP contribution in [0.25, 0.3) is 0 Å². The van der Waals surface area contributed by atoms with Gasteiger partial charge in [0.1, 0.15) is 6.07 Å². The Hall–Kier alpha value is 0.250. The maximum Gasteiger partial charge on any atom is 0.120 e. The van der Waals surface area contributed by atoms with E-state index in [0.29, 0.717) is 11.5 Å². The molecule has 0 atom stereocenters. The largest absolute Gasteiger partial charge is 0.365 e. The molecule has 0 aliphatic heterocycles. The highest BCUT2D eigenvalue weighted by atomic mass is 35.5. The third-order valence-electron chi connectivity index (χ3n) is 3.37. The van der Waals surface area contributed by atoms with Crippen LogP contribution in [0.15, 0.2) is 0 Å². The summed E-state index contributed by atoms with van der Waals surface area (Å²) in [6.45, 7) is 0.910. The zero-order chi connectivity index (χ0) is 7.73. The van der Waals surface area contributed by atoms with Crippen LogP contribution in [0.4, 0.5) is 0 Å². The normalized spacial score (nSPS) is 41.7. The van der Waals surface area contributed by atoms with E-state index in [-0.39, 0.29) is 0 Å². The molecule has 2 fully saturated rings. The van der Waals surface area contributed by atoms with Crippen molar-refractivity contribution in [2.75, 3.05) is 12.7 Å². The number of alkyl halides is 1. The molecule has 2 rings (SSSR count). The summed E-state index contributed by atoms with van der Waals surface area (Å²) in [6, 6.07) is 0.367. The summed E-state index contributed by atoms with van der Waals surface area (Å²) in [7, 11) is 0. The van der Waals surface area contributed by atoms with Crippen LogP contribution in [0.2, 0.25) is 0 Å². The molecule has 2 heteroatoms. The van der Waals surface area contributed by atoms with E-state index in [1.54, 1.807) is 0 Å². The monoisotopic (exact) mass is 174 g/mol. The summed E-state index contributed by atoms with van der Waals surface area (Å²) in [5, 5.41) is 0. The highest BCUT2D eigenvalue weighted by Gasteiger charge is 2.44. The van der Waals surface area contributed by atoms with Gasteiger partial charge in [0, 0.05) is 0 Å². The number of rotatable bonds is 3. The molecule has 11 heavy (non-hydrogen) atoms. The molecule has 2 aliphatic carbocycles. The summed E-state index contributed by atoms with van der Waals surface area (Å²) in [5.41, 5.74) is 0.555. The van der Waals surface area contributed by atoms with Crippen molar-refractivity contribution in [1.29, 1.82) is 0 Å². The molecule has 0 aromatic carbocycles. The Morgan fingerprint density at radius 2 is 2.09 bits per heavy atom. The topological polar surface area (TPSA) is 9.23 Å². The lowest BCUT2D eigenvalue weighted by Gasteiger charge is -2.25. The molecule has 2 aliphatic rings. The maximum atomic E-state index is 5.49. The van der Waals surface area contributed by atoms with Crippen LogP contribution >= 0.6 is 11.6 Å². The van der Waals surface area contributed by atoms with Gasteiger partial charge in [-0.15, -0.1) is 0 Å². The van der Waals surface area contributed by atoms with Crippen LogP contribution in [0, 0.1) is 11.3 Å². The van der Waals surface area contributed by atoms with E-state index in [4.69, 9.17) is 16.3 Å². The second-order valence-corrected chi connectivity index (χ2v) is 4.32. The molecular weight excluding hydrogens is 160 g/mol. The van der Waals surface area contributed by atoms with Crippen molar-refractivity contribution in [2.45, 2.75) is 32.1 Å². The van der Waals surface area contributed by atoms with Gasteiger partial charge < -0.3 is 4.74 Å². The van der Waals surface area contributed by atoms with Gasteiger partial charge >= 0.3 is 0 Å². The van der Waals surface area contributed by atoms with E-state index in [2.05, 4.69) is 0 Å². The maximum absolute atomic E-state index is 5.49. The number of halogens is 1. The first-order valence-electron chi connectivity index (χ1n) is 4.48. The molecule has 0 radical (unpaired) electrons. The first-order chi connectivity index (χ1) is 5.35. The Morgan fingerprint density at radius 1 is 1.36 bits per heavy atom. The van der Waals surface area contributed by atoms with Crippen LogP contribution in [-0.2, 0) is 4.74 Å². The van der Waals surface area contributed by atoms with Crippen LogP contribution in [0.1, 0.15) is 32.1 Å². The predicted octanol–water partition coefficient (Wildman–Crippen LogP) is 2.78. The Kier molecular flexibility index (Phi) is 2.11. The molecule has 0 spiro atoms. The zero-order valence-electron chi connectivity index (χ0n) is 6.81. The minimum Gasteiger partial charge on any atom is -0.365 e. The standard InChI is InChI=1S/C9H15ClO/c10-7-11-6-9-3-1-8(5-9)2-4-9/h8H,1-7H2. The average Bonchev–Trinajstić information content (AvgIpc) is 2.60. The summed E-state index contributed by atoms with van der Waals surface area (Å²) >= 11 is 5.49. The SMILES string of the molecule is ClCOCC12CCC(CC1)C2. The van der Waals surface area contributed by atoms with Crippen LogP contribution < -0.4 is 0 Å². The lowest BCUT2D eigenvalue weighted by Crippen LogP contribution is -2.20. The van der Waals surface area contributed by atoms with Crippen LogP contribution in [-0.4, -0.2) is 12.7 Å². The number of fused-ring (bicyclic) bond motifs is 2. The van der Waals surface area contributed by atoms with E-state index < -0.39 is 0 Å². The van der Waals surface area contributed by atoms with Crippen LogP contribution in [0.5, 0.6) is 0 Å². The van der Waals surface area contributed by atoms with Crippen molar-refractivity contribution in [3.05, 3.63) is 0 Å². The van der Waals surface area contributed by atoms with Gasteiger partial charge in [0.25, 0.3) is 0 Å². The van der Waals surface area contributed by atoms with E-state index in [1.807, 2.05) is 0 Å². The van der Waals surface area contributed by atoms with Crippen molar-refractivity contribution in [1.82, 2.24) is 0 Å². The fourth-order valence-electron chi connectivity index (χ4n) is 2.77. The van der Waals surface area contributed by atoms with E-state index in [0.717, 1.165) is 12.5 Å². The number of hydrogen-bond acceptors (Lipinski definition) is 1. The summed E-state index contributed by atoms with van der Waals surface area (Å²) in [4.78, 5) is 0. The van der Waals surface area contributed by atoms with Gasteiger partial charge in [-0.2, -0.15) is 0 Å². The van der Waals surface area contributed by atoms with Crippen molar-refractivity contribution >= 4 is 11.6 Å². The van der Waals surface area contributed by atoms with Crippen molar-refractivity contribution in [2.24, 2.45) is 11.3 Å². The third-order valence-corrected chi connectivity index (χ3v) is 3.53. The Morgan fingerprint density at radius 3 is 2.55 bits per heavy atom. The van der Waals surface area contributed by atoms with E-state index >= 15 is 0 Å². The van der Waals surface area contributed by atoms with Gasteiger partial charge in [-0.25, -0.2) is 0 Å². The van der Waals surface area contributed by atoms with Gasteiger partial charge in [0.15, 0.2) is 0 Å². The second kappa shape index (κ2) is 2.95. The molecule has 0 heterocycles. The van der Waals surface area contributed by atoms with E-state index in [9.17, 15) is 0 Å².